The molecule has 3 heterocycles. The molecule has 1 amide bonds. The first-order chi connectivity index (χ1) is 11.7. The molecule has 2 aliphatic rings. The van der Waals surface area contributed by atoms with Gasteiger partial charge in [-0.2, -0.15) is 5.26 Å². The zero-order chi connectivity index (χ0) is 16.9. The topological polar surface area (TPSA) is 91.1 Å². The smallest absolute Gasteiger partial charge is 0.227 e. The fraction of sp³-hybridized carbons (Fsp3) is 0.647. The zero-order valence-electron chi connectivity index (χ0n) is 13.9. The van der Waals surface area contributed by atoms with Crippen molar-refractivity contribution in [3.05, 3.63) is 18.1 Å². The van der Waals surface area contributed by atoms with E-state index in [9.17, 15) is 4.79 Å². The third kappa shape index (κ3) is 3.82. The molecule has 1 unspecified atom stereocenters. The first kappa shape index (κ1) is 16.7. The number of nitriles is 1. The highest BCUT2D eigenvalue weighted by Crippen LogP contribution is 2.28. The van der Waals surface area contributed by atoms with Crippen LogP contribution in [0.2, 0.25) is 0 Å². The standard InChI is InChI=1S/C17H23N5O2/c1-12-10-22(11-12)17(23)15(13-2-4-24-5-3-13)8-21-16-9-19-14(6-18)7-20-16/h7,9,12-13,15H,2-5,8,10-11H2,1H3,(H,20,21). The van der Waals surface area contributed by atoms with Crippen LogP contribution in [-0.2, 0) is 9.53 Å². The second kappa shape index (κ2) is 7.58. The molecule has 1 atom stereocenters. The Labute approximate surface area is 142 Å². The Morgan fingerprint density at radius 3 is 2.75 bits per heavy atom. The number of nitrogens with zero attached hydrogens (tertiary/aromatic N) is 4. The van der Waals surface area contributed by atoms with E-state index in [0.717, 1.165) is 39.1 Å². The predicted octanol–water partition coefficient (Wildman–Crippen LogP) is 1.28. The average Bonchev–Trinajstić information content (AvgIpc) is 2.60. The van der Waals surface area contributed by atoms with Gasteiger partial charge in [0.15, 0.2) is 5.69 Å². The lowest BCUT2D eigenvalue weighted by Crippen LogP contribution is -2.53. The Balaban J connectivity index is 1.64. The minimum atomic E-state index is -0.0705. The Morgan fingerprint density at radius 2 is 2.17 bits per heavy atom. The highest BCUT2D eigenvalue weighted by atomic mass is 16.5. The summed E-state index contributed by atoms with van der Waals surface area (Å²) in [5, 5.41) is 12.0. The van der Waals surface area contributed by atoms with Crippen molar-refractivity contribution < 1.29 is 9.53 Å². The van der Waals surface area contributed by atoms with Crippen molar-refractivity contribution in [2.24, 2.45) is 17.8 Å². The summed E-state index contributed by atoms with van der Waals surface area (Å²) in [7, 11) is 0. The molecule has 0 bridgehead atoms. The molecular formula is C17H23N5O2. The van der Waals surface area contributed by atoms with Crippen molar-refractivity contribution in [3.63, 3.8) is 0 Å². The average molecular weight is 329 g/mol. The van der Waals surface area contributed by atoms with Gasteiger partial charge in [-0.05, 0) is 24.7 Å². The van der Waals surface area contributed by atoms with E-state index in [0.29, 0.717) is 24.2 Å². The quantitative estimate of drug-likeness (QED) is 0.875. The molecule has 1 aromatic rings. The van der Waals surface area contributed by atoms with Gasteiger partial charge in [0.05, 0.1) is 18.3 Å². The Kier molecular flexibility index (Phi) is 5.26. The van der Waals surface area contributed by atoms with Crippen molar-refractivity contribution in [2.75, 3.05) is 38.2 Å². The van der Waals surface area contributed by atoms with Gasteiger partial charge in [-0.1, -0.05) is 6.92 Å². The fourth-order valence-corrected chi connectivity index (χ4v) is 3.38. The Morgan fingerprint density at radius 1 is 1.42 bits per heavy atom. The van der Waals surface area contributed by atoms with Crippen molar-refractivity contribution in [1.29, 1.82) is 5.26 Å². The number of carbonyl (C=O) groups is 1. The van der Waals surface area contributed by atoms with Crippen molar-refractivity contribution >= 4 is 11.7 Å². The van der Waals surface area contributed by atoms with Crippen LogP contribution in [0.1, 0.15) is 25.5 Å². The van der Waals surface area contributed by atoms with Crippen LogP contribution in [0, 0.1) is 29.1 Å². The predicted molar refractivity (Wildman–Crippen MR) is 88.0 cm³/mol. The van der Waals surface area contributed by atoms with Crippen LogP contribution < -0.4 is 5.32 Å². The van der Waals surface area contributed by atoms with E-state index in [2.05, 4.69) is 22.2 Å². The van der Waals surface area contributed by atoms with E-state index in [1.807, 2.05) is 11.0 Å². The van der Waals surface area contributed by atoms with E-state index in [1.54, 1.807) is 0 Å². The van der Waals surface area contributed by atoms with Crippen LogP contribution in [0.25, 0.3) is 0 Å². The summed E-state index contributed by atoms with van der Waals surface area (Å²) in [5.74, 6) is 1.69. The summed E-state index contributed by atoms with van der Waals surface area (Å²) in [6.45, 7) is 5.86. The van der Waals surface area contributed by atoms with Crippen molar-refractivity contribution in [2.45, 2.75) is 19.8 Å². The monoisotopic (exact) mass is 329 g/mol. The van der Waals surface area contributed by atoms with E-state index >= 15 is 0 Å². The molecule has 1 N–H and O–H groups in total. The van der Waals surface area contributed by atoms with Gasteiger partial charge in [0.25, 0.3) is 0 Å². The van der Waals surface area contributed by atoms with Gasteiger partial charge < -0.3 is 15.0 Å². The molecule has 0 aliphatic carbocycles. The fourth-order valence-electron chi connectivity index (χ4n) is 3.38. The molecule has 1 aromatic heterocycles. The summed E-state index contributed by atoms with van der Waals surface area (Å²) in [6.07, 6.45) is 4.81. The largest absolute Gasteiger partial charge is 0.381 e. The third-order valence-corrected chi connectivity index (χ3v) is 4.80. The number of hydrogen-bond donors (Lipinski definition) is 1. The number of rotatable bonds is 5. The lowest BCUT2D eigenvalue weighted by Gasteiger charge is -2.41. The Hall–Kier alpha value is -2.20. The number of hydrogen-bond acceptors (Lipinski definition) is 6. The molecule has 0 aromatic carbocycles. The normalized spacial score (nSPS) is 20.1. The summed E-state index contributed by atoms with van der Waals surface area (Å²) in [5.41, 5.74) is 0.284. The molecule has 2 saturated heterocycles. The molecule has 0 saturated carbocycles. The molecule has 24 heavy (non-hydrogen) atoms. The summed E-state index contributed by atoms with van der Waals surface area (Å²) >= 11 is 0. The maximum absolute atomic E-state index is 12.9. The van der Waals surface area contributed by atoms with E-state index in [1.165, 1.54) is 12.4 Å². The summed E-state index contributed by atoms with van der Waals surface area (Å²) in [4.78, 5) is 23.0. The Bertz CT molecular complexity index is 600. The first-order valence-electron chi connectivity index (χ1n) is 8.50. The highest BCUT2D eigenvalue weighted by molar-refractivity contribution is 5.80. The highest BCUT2D eigenvalue weighted by Gasteiger charge is 2.36. The number of amides is 1. The van der Waals surface area contributed by atoms with Crippen LogP contribution in [-0.4, -0.2) is 53.6 Å². The van der Waals surface area contributed by atoms with Gasteiger partial charge in [0.2, 0.25) is 5.91 Å². The number of carbonyl (C=O) groups excluding carboxylic acids is 1. The number of likely N-dealkylation sites (tertiary alicyclic amines) is 1. The molecule has 128 valence electrons. The van der Waals surface area contributed by atoms with Crippen LogP contribution in [0.4, 0.5) is 5.82 Å². The SMILES string of the molecule is CC1CN(C(=O)C(CNc2cnc(C#N)cn2)C2CCOCC2)C1. The number of nitrogens with one attached hydrogen (secondary N) is 1. The molecule has 2 aliphatic heterocycles. The third-order valence-electron chi connectivity index (χ3n) is 4.80. The van der Waals surface area contributed by atoms with Gasteiger partial charge in [-0.15, -0.1) is 0 Å². The van der Waals surface area contributed by atoms with Crippen LogP contribution in [0.15, 0.2) is 12.4 Å². The van der Waals surface area contributed by atoms with Crippen LogP contribution >= 0.6 is 0 Å². The second-order valence-corrected chi connectivity index (χ2v) is 6.68. The molecule has 0 radical (unpaired) electrons. The summed E-state index contributed by atoms with van der Waals surface area (Å²) < 4.78 is 5.44. The van der Waals surface area contributed by atoms with Crippen molar-refractivity contribution in [3.8, 4) is 6.07 Å². The number of anilines is 1. The van der Waals surface area contributed by atoms with Gasteiger partial charge in [-0.3, -0.25) is 4.79 Å². The molecule has 7 nitrogen and oxygen atoms in total. The minimum Gasteiger partial charge on any atom is -0.381 e. The maximum atomic E-state index is 12.9. The second-order valence-electron chi connectivity index (χ2n) is 6.68. The zero-order valence-corrected chi connectivity index (χ0v) is 13.9. The first-order valence-corrected chi connectivity index (χ1v) is 8.50. The summed E-state index contributed by atoms with van der Waals surface area (Å²) in [6, 6.07) is 1.95. The lowest BCUT2D eigenvalue weighted by molar-refractivity contribution is -0.144. The molecule has 7 heteroatoms. The van der Waals surface area contributed by atoms with E-state index < -0.39 is 0 Å². The van der Waals surface area contributed by atoms with Gasteiger partial charge in [-0.25, -0.2) is 9.97 Å². The maximum Gasteiger partial charge on any atom is 0.227 e. The van der Waals surface area contributed by atoms with Crippen LogP contribution in [0.5, 0.6) is 0 Å². The molecule has 2 fully saturated rings. The number of ether oxygens (including phenoxy) is 1. The van der Waals surface area contributed by atoms with Crippen molar-refractivity contribution in [1.82, 2.24) is 14.9 Å². The lowest BCUT2D eigenvalue weighted by atomic mass is 9.83. The van der Waals surface area contributed by atoms with Gasteiger partial charge >= 0.3 is 0 Å². The van der Waals surface area contributed by atoms with Gasteiger partial charge in [0.1, 0.15) is 11.9 Å². The molecule has 0 spiro atoms. The number of aromatic nitrogens is 2. The molecule has 3 rings (SSSR count). The van der Waals surface area contributed by atoms with Crippen LogP contribution in [0.3, 0.4) is 0 Å². The van der Waals surface area contributed by atoms with E-state index in [-0.39, 0.29) is 17.5 Å². The minimum absolute atomic E-state index is 0.0705. The molecular weight excluding hydrogens is 306 g/mol. The van der Waals surface area contributed by atoms with Gasteiger partial charge in [0, 0.05) is 32.8 Å². The van der Waals surface area contributed by atoms with E-state index in [4.69, 9.17) is 10.00 Å².